The fourth-order valence-corrected chi connectivity index (χ4v) is 2.47. The van der Waals surface area contributed by atoms with Gasteiger partial charge in [-0.25, -0.2) is 0 Å². The Labute approximate surface area is 163 Å². The summed E-state index contributed by atoms with van der Waals surface area (Å²) in [7, 11) is 1.53. The molecule has 0 bridgehead atoms. The lowest BCUT2D eigenvalue weighted by atomic mass is 10.2. The predicted molar refractivity (Wildman–Crippen MR) is 108 cm³/mol. The molecule has 0 atom stereocenters. The maximum Gasteiger partial charge on any atom is 0.314 e. The van der Waals surface area contributed by atoms with Gasteiger partial charge in [-0.3, -0.25) is 10.2 Å². The Kier molecular flexibility index (Phi) is 6.38. The quantitative estimate of drug-likeness (QED) is 0.252. The van der Waals surface area contributed by atoms with Crippen LogP contribution in [0.15, 0.2) is 53.6 Å². The summed E-state index contributed by atoms with van der Waals surface area (Å²) in [5.41, 5.74) is 4.69. The van der Waals surface area contributed by atoms with Crippen molar-refractivity contribution >= 4 is 29.5 Å². The van der Waals surface area contributed by atoms with Crippen LogP contribution in [0, 0.1) is 5.92 Å². The van der Waals surface area contributed by atoms with E-state index in [1.165, 1.54) is 7.11 Å². The van der Waals surface area contributed by atoms with Gasteiger partial charge in [0.1, 0.15) is 0 Å². The van der Waals surface area contributed by atoms with E-state index in [1.54, 1.807) is 24.4 Å². The van der Waals surface area contributed by atoms with Crippen LogP contribution in [-0.4, -0.2) is 24.4 Å². The Balaban J connectivity index is 1.51. The number of rotatable bonds is 7. The molecular formula is C20H21N3O3S. The number of esters is 1. The lowest BCUT2D eigenvalue weighted by Crippen LogP contribution is -2.31. The highest BCUT2D eigenvalue weighted by Gasteiger charge is 2.32. The minimum atomic E-state index is -0.203. The number of nitrogens with one attached hydrogen (secondary N) is 2. The van der Waals surface area contributed by atoms with E-state index in [0.29, 0.717) is 23.2 Å². The van der Waals surface area contributed by atoms with Crippen LogP contribution in [0.4, 0.5) is 0 Å². The molecule has 1 aliphatic rings. The van der Waals surface area contributed by atoms with Crippen molar-refractivity contribution in [3.8, 4) is 11.5 Å². The van der Waals surface area contributed by atoms with Crippen LogP contribution in [-0.2, 0) is 11.3 Å². The summed E-state index contributed by atoms with van der Waals surface area (Å²) in [6.45, 7) is 0.622. The fraction of sp³-hybridized carbons (Fsp3) is 0.250. The molecule has 0 spiro atoms. The molecule has 0 saturated heterocycles. The molecular weight excluding hydrogens is 362 g/mol. The van der Waals surface area contributed by atoms with Crippen LogP contribution in [0.3, 0.4) is 0 Å². The van der Waals surface area contributed by atoms with Crippen LogP contribution in [0.25, 0.3) is 0 Å². The number of hydrogen-bond donors (Lipinski definition) is 2. The molecule has 2 aromatic rings. The second-order valence-corrected chi connectivity index (χ2v) is 6.55. The molecule has 1 fully saturated rings. The minimum absolute atomic E-state index is 0.0320. The zero-order valence-electron chi connectivity index (χ0n) is 15.0. The largest absolute Gasteiger partial charge is 0.493 e. The van der Waals surface area contributed by atoms with Crippen molar-refractivity contribution in [1.82, 2.24) is 10.7 Å². The summed E-state index contributed by atoms with van der Waals surface area (Å²) in [6, 6.07) is 15.2. The van der Waals surface area contributed by atoms with Crippen molar-refractivity contribution < 1.29 is 14.3 Å². The second kappa shape index (κ2) is 9.14. The lowest BCUT2D eigenvalue weighted by molar-refractivity contribution is -0.135. The van der Waals surface area contributed by atoms with Gasteiger partial charge < -0.3 is 14.8 Å². The van der Waals surface area contributed by atoms with E-state index >= 15 is 0 Å². The molecule has 6 nitrogen and oxygen atoms in total. The Morgan fingerprint density at radius 3 is 2.70 bits per heavy atom. The standard InChI is InChI=1S/C20H21N3O3S/c1-25-18-11-15(7-10-17(18)26-19(24)16-8-9-16)13-22-23-20(27)21-12-14-5-3-2-4-6-14/h2-7,10-11,13,16H,8-9,12H2,1H3,(H2,21,23,27)/b22-13-. The number of hydrogen-bond acceptors (Lipinski definition) is 5. The second-order valence-electron chi connectivity index (χ2n) is 6.14. The van der Waals surface area contributed by atoms with Gasteiger partial charge in [-0.1, -0.05) is 30.3 Å². The van der Waals surface area contributed by atoms with Crippen molar-refractivity contribution in [2.24, 2.45) is 11.0 Å². The van der Waals surface area contributed by atoms with Crippen LogP contribution < -0.4 is 20.2 Å². The van der Waals surface area contributed by atoms with Crippen LogP contribution in [0.5, 0.6) is 11.5 Å². The summed E-state index contributed by atoms with van der Waals surface area (Å²) < 4.78 is 10.7. The molecule has 2 N–H and O–H groups in total. The Bertz CT molecular complexity index is 836. The fourth-order valence-electron chi connectivity index (χ4n) is 2.34. The zero-order chi connectivity index (χ0) is 19.1. The number of benzene rings is 2. The van der Waals surface area contributed by atoms with E-state index in [9.17, 15) is 4.79 Å². The molecule has 2 aromatic carbocycles. The van der Waals surface area contributed by atoms with Gasteiger partial charge in [-0.15, -0.1) is 0 Å². The number of thiocarbonyl (C=S) groups is 1. The van der Waals surface area contributed by atoms with E-state index in [2.05, 4.69) is 15.8 Å². The maximum absolute atomic E-state index is 11.8. The normalized spacial score (nSPS) is 13.2. The highest BCUT2D eigenvalue weighted by molar-refractivity contribution is 7.80. The Hall–Kier alpha value is -2.93. The average molecular weight is 383 g/mol. The van der Waals surface area contributed by atoms with E-state index in [0.717, 1.165) is 24.0 Å². The lowest BCUT2D eigenvalue weighted by Gasteiger charge is -2.09. The molecule has 0 unspecified atom stereocenters. The van der Waals surface area contributed by atoms with E-state index in [4.69, 9.17) is 21.7 Å². The number of carbonyl (C=O) groups is 1. The summed E-state index contributed by atoms with van der Waals surface area (Å²) in [5, 5.41) is 7.62. The topological polar surface area (TPSA) is 71.9 Å². The number of carbonyl (C=O) groups excluding carboxylic acids is 1. The monoisotopic (exact) mass is 383 g/mol. The average Bonchev–Trinajstić information content (AvgIpc) is 3.53. The Morgan fingerprint density at radius 1 is 1.22 bits per heavy atom. The van der Waals surface area contributed by atoms with Crippen molar-refractivity contribution in [2.75, 3.05) is 7.11 Å². The first-order valence-electron chi connectivity index (χ1n) is 8.66. The first-order chi connectivity index (χ1) is 13.2. The number of methoxy groups -OCH3 is 1. The smallest absolute Gasteiger partial charge is 0.314 e. The molecule has 1 saturated carbocycles. The third kappa shape index (κ3) is 5.79. The molecule has 3 rings (SSSR count). The van der Waals surface area contributed by atoms with Gasteiger partial charge in [0.15, 0.2) is 16.6 Å². The zero-order valence-corrected chi connectivity index (χ0v) is 15.8. The minimum Gasteiger partial charge on any atom is -0.493 e. The van der Waals surface area contributed by atoms with Gasteiger partial charge >= 0.3 is 5.97 Å². The molecule has 0 amide bonds. The van der Waals surface area contributed by atoms with Crippen molar-refractivity contribution in [3.05, 3.63) is 59.7 Å². The van der Waals surface area contributed by atoms with E-state index < -0.39 is 0 Å². The molecule has 1 aliphatic carbocycles. The van der Waals surface area contributed by atoms with Crippen LogP contribution in [0.2, 0.25) is 0 Å². The molecule has 7 heteroatoms. The van der Waals surface area contributed by atoms with Gasteiger partial charge in [-0.2, -0.15) is 5.10 Å². The predicted octanol–water partition coefficient (Wildman–Crippen LogP) is 3.01. The van der Waals surface area contributed by atoms with Gasteiger partial charge in [0.2, 0.25) is 0 Å². The molecule has 0 heterocycles. The summed E-state index contributed by atoms with van der Waals surface area (Å²) in [4.78, 5) is 11.8. The number of nitrogens with zero attached hydrogens (tertiary/aromatic N) is 1. The summed E-state index contributed by atoms with van der Waals surface area (Å²) in [6.07, 6.45) is 3.41. The molecule has 27 heavy (non-hydrogen) atoms. The highest BCUT2D eigenvalue weighted by atomic mass is 32.1. The molecule has 0 radical (unpaired) electrons. The SMILES string of the molecule is COc1cc(/C=N\NC(=S)NCc2ccccc2)ccc1OC(=O)C1CC1. The van der Waals surface area contributed by atoms with Crippen molar-refractivity contribution in [3.63, 3.8) is 0 Å². The third-order valence-corrected chi connectivity index (χ3v) is 4.22. The number of hydrazone groups is 1. The summed E-state index contributed by atoms with van der Waals surface area (Å²) >= 11 is 5.20. The Morgan fingerprint density at radius 2 is 2.00 bits per heavy atom. The van der Waals surface area contributed by atoms with E-state index in [1.807, 2.05) is 30.3 Å². The third-order valence-electron chi connectivity index (χ3n) is 3.98. The van der Waals surface area contributed by atoms with Gasteiger partial charge in [0.25, 0.3) is 0 Å². The molecule has 140 valence electrons. The highest BCUT2D eigenvalue weighted by Crippen LogP contribution is 2.34. The summed E-state index contributed by atoms with van der Waals surface area (Å²) in [5.74, 6) is 0.730. The van der Waals surface area contributed by atoms with E-state index in [-0.39, 0.29) is 11.9 Å². The van der Waals surface area contributed by atoms with Gasteiger partial charge in [-0.05, 0) is 54.4 Å². The maximum atomic E-state index is 11.8. The van der Waals surface area contributed by atoms with Crippen LogP contribution >= 0.6 is 12.2 Å². The van der Waals surface area contributed by atoms with Gasteiger partial charge in [0.05, 0.1) is 19.2 Å². The van der Waals surface area contributed by atoms with Crippen molar-refractivity contribution in [1.29, 1.82) is 0 Å². The first-order valence-corrected chi connectivity index (χ1v) is 9.07. The van der Waals surface area contributed by atoms with Crippen LogP contribution in [0.1, 0.15) is 24.0 Å². The molecule has 0 aromatic heterocycles. The first kappa shape index (κ1) is 18.8. The van der Waals surface area contributed by atoms with Gasteiger partial charge in [0, 0.05) is 6.54 Å². The number of ether oxygens (including phenoxy) is 2. The molecule has 0 aliphatic heterocycles. The van der Waals surface area contributed by atoms with Crippen molar-refractivity contribution in [2.45, 2.75) is 19.4 Å².